The van der Waals surface area contributed by atoms with Gasteiger partial charge in [0.15, 0.2) is 11.6 Å². The Labute approximate surface area is 761 Å². The van der Waals surface area contributed by atoms with Crippen molar-refractivity contribution in [3.05, 3.63) is 219 Å². The fraction of sp³-hybridized carbons (Fsp3) is 0.444. The van der Waals surface area contributed by atoms with Gasteiger partial charge in [0.25, 0.3) is 11.4 Å². The Morgan fingerprint density at radius 2 is 0.672 bits per heavy atom. The highest BCUT2D eigenvalue weighted by molar-refractivity contribution is 7.31. The van der Waals surface area contributed by atoms with E-state index in [1.165, 1.54) is 266 Å². The SMILES string of the molecule is [C-]#[N+]/C(C#N)=C1\C(=C\c2cc(CCCCCC)c(-c3cc(CCCCCC)c(-c4cc5c(-c6ccc(CC(CCCC)CCCCCC)s6)c6sc(-c7sc(-c8sc(/C=C9\C(=O)c%10ccccc%10\C9=C(\C#N)[N+]#[C-])cc8CCCCCC)cc7CCCCCC)cc6c(-c6ccc(CC(CCCC)CCCCCC)s6)c5s4)s3)s2)C(=O)c2ccccc21. The van der Waals surface area contributed by atoms with E-state index in [1.54, 1.807) is 22.7 Å². The van der Waals surface area contributed by atoms with Gasteiger partial charge in [0.05, 0.1) is 25.3 Å². The number of hydrogen-bond donors (Lipinski definition) is 0. The van der Waals surface area contributed by atoms with Crippen LogP contribution in [-0.2, 0) is 38.5 Å². The number of hydrogen-bond acceptors (Lipinski definition) is 12. The van der Waals surface area contributed by atoms with Gasteiger partial charge in [0, 0.05) is 133 Å². The summed E-state index contributed by atoms with van der Waals surface area (Å²) >= 11 is 15.6. The van der Waals surface area contributed by atoms with Crippen LogP contribution >= 0.6 is 90.7 Å². The van der Waals surface area contributed by atoms with E-state index in [9.17, 15) is 20.1 Å². The molecule has 0 bridgehead atoms. The molecule has 13 rings (SSSR count). The maximum absolute atomic E-state index is 14.6. The predicted molar refractivity (Wildman–Crippen MR) is 535 cm³/mol. The number of benzene rings is 3. The average molecular weight is 1760 g/mol. The summed E-state index contributed by atoms with van der Waals surface area (Å²) in [7, 11) is 0. The Balaban J connectivity index is 1.04. The summed E-state index contributed by atoms with van der Waals surface area (Å²) in [6.07, 6.45) is 48.6. The summed E-state index contributed by atoms with van der Waals surface area (Å²) < 4.78 is 2.73. The fourth-order valence-corrected chi connectivity index (χ4v) is 28.6. The molecule has 2 aliphatic rings. The first kappa shape index (κ1) is 91.7. The Bertz CT molecular complexity index is 5320. The van der Waals surface area contributed by atoms with Crippen molar-refractivity contribution in [2.75, 3.05) is 0 Å². The zero-order valence-corrected chi connectivity index (χ0v) is 80.0. The molecular formula is C108H122N4O2S8. The van der Waals surface area contributed by atoms with Crippen molar-refractivity contribution < 1.29 is 9.59 Å². The molecule has 2 atom stereocenters. The van der Waals surface area contributed by atoms with Crippen LogP contribution in [0.1, 0.15) is 334 Å². The predicted octanol–water partition coefficient (Wildman–Crippen LogP) is 36.5. The molecule has 2 aliphatic carbocycles. The highest BCUT2D eigenvalue weighted by atomic mass is 32.1. The fourth-order valence-electron chi connectivity index (χ4n) is 18.3. The Kier molecular flexibility index (Phi) is 34.4. The van der Waals surface area contributed by atoms with Crippen molar-refractivity contribution in [1.82, 2.24) is 0 Å². The van der Waals surface area contributed by atoms with E-state index >= 15 is 0 Å². The maximum atomic E-state index is 14.6. The monoisotopic (exact) mass is 1760 g/mol. The van der Waals surface area contributed by atoms with Gasteiger partial charge < -0.3 is 0 Å². The molecule has 0 N–H and O–H groups in total. The number of Topliss-reactive ketones (excluding diaryl/α,β-unsaturated/α-hetero) is 2. The minimum Gasteiger partial charge on any atom is -0.289 e. The number of unbranched alkanes of at least 4 members (excludes halogenated alkanes) is 20. The van der Waals surface area contributed by atoms with Gasteiger partial charge in [0.1, 0.15) is 0 Å². The molecule has 0 radical (unpaired) electrons. The molecule has 0 spiro atoms. The lowest BCUT2D eigenvalue weighted by molar-refractivity contribution is 0.103. The number of carbonyl (C=O) groups is 2. The summed E-state index contributed by atoms with van der Waals surface area (Å²) in [4.78, 5) is 54.6. The van der Waals surface area contributed by atoms with E-state index < -0.39 is 0 Å². The Morgan fingerprint density at radius 3 is 1.02 bits per heavy atom. The third-order valence-corrected chi connectivity index (χ3v) is 34.8. The number of fused-ring (bicyclic) bond motifs is 4. The standard InChI is InChI=1S/C108H122N4O2S8/c1-11-19-27-33-45-71(43-25-17-7)59-77-55-57-91(115-77)99-87-67-95(105-75(49-37-31-23-15-5)63-93(119-105)103-73(47-35-29-21-13-3)61-79(117-103)65-85-97(89(69-109)111-9)81-51-39-41-53-83(81)101(85)113)122-108(87)100(92-58-56-78(116-92)60-72(44-26-18-8)46-34-28-20-12-2)88-68-96(121-107(88)99)106-76(50-38-32-24-16-6)64-94(120-106)104-74(48-36-30-22-14-4)62-80(118-104)66-86-98(90(70-110)112-10)82-52-40-42-54-84(82)102(86)114/h39-42,51-58,61-68,71-72H,11-38,43-50,59-60H2,1-8H3/b85-65-,86-66-,97-89-,98-90+. The number of aryl methyl sites for hydroxylation is 4. The summed E-state index contributed by atoms with van der Waals surface area (Å²) in [5.74, 6) is 1.02. The molecule has 8 aromatic heterocycles. The van der Waals surface area contributed by atoms with E-state index in [4.69, 9.17) is 13.1 Å². The van der Waals surface area contributed by atoms with Crippen LogP contribution in [0.15, 0.2) is 132 Å². The smallest absolute Gasteiger partial charge is 0.270 e. The average Bonchev–Trinajstić information content (AvgIpc) is 1.55. The lowest BCUT2D eigenvalue weighted by atomic mass is 9.92. The maximum Gasteiger partial charge on any atom is 0.270 e. The van der Waals surface area contributed by atoms with Crippen LogP contribution in [0, 0.1) is 47.6 Å². The Morgan fingerprint density at radius 1 is 0.352 bits per heavy atom. The highest BCUT2D eigenvalue weighted by Crippen LogP contribution is 2.58. The van der Waals surface area contributed by atoms with E-state index in [0.717, 1.165) is 99.6 Å². The molecule has 0 saturated carbocycles. The lowest BCUT2D eigenvalue weighted by Gasteiger charge is -2.16. The van der Waals surface area contributed by atoms with Gasteiger partial charge in [-0.25, -0.2) is 20.2 Å². The van der Waals surface area contributed by atoms with Crippen molar-refractivity contribution in [1.29, 1.82) is 10.5 Å². The zero-order valence-electron chi connectivity index (χ0n) is 73.4. The van der Waals surface area contributed by atoms with Gasteiger partial charge in [-0.2, -0.15) is 0 Å². The van der Waals surface area contributed by atoms with Crippen molar-refractivity contribution in [3.8, 4) is 72.0 Å². The van der Waals surface area contributed by atoms with Crippen LogP contribution in [0.2, 0.25) is 0 Å². The summed E-state index contributed by atoms with van der Waals surface area (Å²) in [6.45, 7) is 34.8. The molecule has 0 fully saturated rings. The van der Waals surface area contributed by atoms with E-state index in [1.807, 2.05) is 106 Å². The summed E-state index contributed by atoms with van der Waals surface area (Å²) in [5.41, 5.74) is 12.2. The van der Waals surface area contributed by atoms with Crippen LogP contribution in [0.5, 0.6) is 0 Å². The number of rotatable bonds is 48. The third kappa shape index (κ3) is 21.7. The molecule has 0 aliphatic heterocycles. The van der Waals surface area contributed by atoms with Gasteiger partial charge in [-0.3, -0.25) is 9.59 Å². The minimum absolute atomic E-state index is 0.0540. The van der Waals surface area contributed by atoms with Gasteiger partial charge in [0.2, 0.25) is 0 Å². The van der Waals surface area contributed by atoms with Gasteiger partial charge >= 0.3 is 0 Å². The number of thiophene rings is 8. The molecule has 2 unspecified atom stereocenters. The van der Waals surface area contributed by atoms with Crippen molar-refractivity contribution in [2.24, 2.45) is 11.8 Å². The summed E-state index contributed by atoms with van der Waals surface area (Å²) in [5, 5.41) is 23.5. The molecule has 14 heteroatoms. The zero-order chi connectivity index (χ0) is 85.4. The molecule has 0 amide bonds. The first-order valence-electron chi connectivity index (χ1n) is 46.3. The van der Waals surface area contributed by atoms with Gasteiger partial charge in [-0.1, -0.05) is 284 Å². The van der Waals surface area contributed by atoms with Crippen LogP contribution in [-0.4, -0.2) is 11.6 Å². The van der Waals surface area contributed by atoms with Crippen LogP contribution in [0.25, 0.3) is 113 Å². The van der Waals surface area contributed by atoms with Crippen molar-refractivity contribution >= 4 is 146 Å². The molecule has 8 heterocycles. The van der Waals surface area contributed by atoms with Crippen molar-refractivity contribution in [2.45, 2.75) is 299 Å². The number of nitriles is 2. The Hall–Kier alpha value is -7.96. The third-order valence-electron chi connectivity index (χ3n) is 24.9. The molecular weight excluding hydrogens is 1640 g/mol. The van der Waals surface area contributed by atoms with E-state index in [2.05, 4.69) is 161 Å². The summed E-state index contributed by atoms with van der Waals surface area (Å²) in [6, 6.07) is 44.3. The molecule has 6 nitrogen and oxygen atoms in total. The largest absolute Gasteiger partial charge is 0.289 e. The highest BCUT2D eigenvalue weighted by Gasteiger charge is 2.36. The minimum atomic E-state index is -0.139. The van der Waals surface area contributed by atoms with Crippen LogP contribution in [0.4, 0.5) is 0 Å². The van der Waals surface area contributed by atoms with E-state index in [0.29, 0.717) is 56.4 Å². The second kappa shape index (κ2) is 45.8. The molecule has 122 heavy (non-hydrogen) atoms. The molecule has 11 aromatic rings. The first-order chi connectivity index (χ1) is 59.8. The lowest BCUT2D eigenvalue weighted by Crippen LogP contribution is -2.04. The topological polar surface area (TPSA) is 90.4 Å². The quantitative estimate of drug-likeness (QED) is 0.0164. The van der Waals surface area contributed by atoms with Crippen LogP contribution in [0.3, 0.4) is 0 Å². The number of carbonyl (C=O) groups excluding carboxylic acids is 2. The second-order valence-corrected chi connectivity index (χ2v) is 42.8. The molecule has 3 aromatic carbocycles. The van der Waals surface area contributed by atoms with Crippen molar-refractivity contribution in [3.63, 3.8) is 0 Å². The number of nitrogens with zero attached hydrogens (tertiary/aromatic N) is 4. The first-order valence-corrected chi connectivity index (χ1v) is 52.9. The van der Waals surface area contributed by atoms with Gasteiger partial charge in [-0.05, 0) is 182 Å². The second-order valence-electron chi connectivity index (χ2n) is 34.1. The molecule has 634 valence electrons. The normalized spacial score (nSPS) is 14.7. The number of allylic oxidation sites excluding steroid dienone is 6. The van der Waals surface area contributed by atoms with E-state index in [-0.39, 0.29) is 23.0 Å². The molecule has 0 saturated heterocycles. The number of ketones is 2. The van der Waals surface area contributed by atoms with Crippen LogP contribution < -0.4 is 0 Å². The van der Waals surface area contributed by atoms with Gasteiger partial charge in [-0.15, -0.1) is 90.7 Å².